The summed E-state index contributed by atoms with van der Waals surface area (Å²) in [6.07, 6.45) is -0.133. The Kier molecular flexibility index (Phi) is 29.3. The number of nitrogen functional groups attached to an aromatic ring is 5. The van der Waals surface area contributed by atoms with Gasteiger partial charge >= 0.3 is 6.92 Å². The van der Waals surface area contributed by atoms with Gasteiger partial charge in [-0.3, -0.25) is 23.4 Å². The van der Waals surface area contributed by atoms with Gasteiger partial charge in [-0.1, -0.05) is 94.5 Å². The highest BCUT2D eigenvalue weighted by molar-refractivity contribution is 7.92. The topological polar surface area (TPSA) is 647 Å². The van der Waals surface area contributed by atoms with Gasteiger partial charge in [0.25, 0.3) is 0 Å². The Bertz CT molecular complexity index is 8360. The first kappa shape index (κ1) is 104. The van der Waals surface area contributed by atoms with Crippen molar-refractivity contribution in [1.29, 1.82) is 31.1 Å². The number of nitrogens with zero attached hydrogens (tertiary/aromatic N) is 26. The van der Waals surface area contributed by atoms with E-state index in [4.69, 9.17) is 66.6 Å². The van der Waals surface area contributed by atoms with Gasteiger partial charge in [0.05, 0.1) is 78.1 Å². The lowest BCUT2D eigenvalue weighted by Crippen LogP contribution is -2.34. The Hall–Kier alpha value is -17.3. The van der Waals surface area contributed by atoms with E-state index < -0.39 is 46.0 Å². The molecule has 15 aromatic rings. The van der Waals surface area contributed by atoms with Crippen LogP contribution in [0.1, 0.15) is 177 Å². The van der Waals surface area contributed by atoms with Crippen molar-refractivity contribution in [3.63, 3.8) is 0 Å². The summed E-state index contributed by atoms with van der Waals surface area (Å²) >= 11 is 0. The molecule has 20 rings (SSSR count). The summed E-state index contributed by atoms with van der Waals surface area (Å²) in [7, 11) is 0.0275. The van der Waals surface area contributed by atoms with E-state index in [2.05, 4.69) is 125 Å². The van der Waals surface area contributed by atoms with Crippen molar-refractivity contribution in [2.45, 2.75) is 148 Å². The molecule has 0 saturated heterocycles. The SMILES string of the molecule is Cc1ccc2c(c1)[C@@H](C)Oc1cc(nnc1N)-c1c(nn(C)c1C#N)B(O)CC2.Cc1ccc2c(c1)[C@@H](C)Oc1cc(nnc1N)-c1c(nn(C)c1C#N)CCS2(=N)=O.Cc1ccc2c(c1)[C@@H](C)Oc1cc(nnc1N)-c1c(nn(C)c1C#N)CN(C)S2(=O)=O.Cc1ccc2c(c1)[C@@H](C)Oc1cc(nnc1N)-c1c(nn(C)c1C#N)CP(C)(=O)C2.Cc1ccc2c(c1)[C@@H](C)Oc1cc(nnc1N)-c1c(nn(C)c1C#N)OCO2. The Morgan fingerprint density at radius 2 is 0.743 bits per heavy atom. The molecule has 44 nitrogen and oxygen atoms in total. The highest BCUT2D eigenvalue weighted by Crippen LogP contribution is 2.52. The molecule has 0 aliphatic carbocycles. The number of benzene rings is 5. The van der Waals surface area contributed by atoms with Crippen LogP contribution in [0, 0.1) is 96.1 Å². The van der Waals surface area contributed by atoms with Crippen LogP contribution in [0.2, 0.25) is 6.32 Å². The molecule has 5 aliphatic heterocycles. The maximum atomic E-state index is 13.6. The Morgan fingerprint density at radius 3 is 1.22 bits per heavy atom. The van der Waals surface area contributed by atoms with Gasteiger partial charge in [0.2, 0.25) is 22.7 Å². The van der Waals surface area contributed by atoms with E-state index in [0.29, 0.717) is 160 Å². The number of rotatable bonds is 0. The molecular weight excluding hydrogens is 1950 g/mol. The van der Waals surface area contributed by atoms with E-state index in [-0.39, 0.29) is 107 Å². The van der Waals surface area contributed by atoms with E-state index in [1.165, 1.54) is 34.8 Å². The van der Waals surface area contributed by atoms with Gasteiger partial charge in [-0.15, -0.1) is 56.1 Å². The standard InChI is InChI=1S/C21H23N6O2P.C20H21BN6O2.C20H21N7O3S.C20H21N7O2S.C19H18N6O3/c1-12-5-6-14-10-30(4,28)11-17-20(18(9-22)27(3)26-17)16-8-19(21(23)25-24-16)29-13(2)15(14)7-12;1-11-4-5-13-6-7-21(28)19-18(16(10-22)27(3)26-19)15-9-17(20(23)25-24-15)29-12(2)14(13)8-11;1-11-5-6-18-13(7-11)12(2)30-17-8-14(23-24-20(17)22)19-15(10-26(3)31(18,28)29)25-27(4)16(19)9-21;1-11-4-5-18-13(8-11)12(2)29-17-9-15(24-25-20(17)22)19-14(6-7-30(18,23)28)26-27(3)16(19)10-21;1-10-4-5-15-12(6-10)11(2)28-16-7-13(22-23-18(16)21)17-14(8-20)25(3)24-19(17)27-9-26-15/h5-8,13H,10-11H2,1-4H3,(H2,23,25);4-5,8-9,12,28H,6-7H2,1-3H3,(H2,23,25);5-8,12H,10H2,1-4H3,(H2,22,24);4-5,8-9,12,23H,6-7H2,1-3H3,(H2,22,25);4-7,11H,9H2,1-3H3,(H2,21,23)/t13-,30?;2*12-;12-,30?;11-/m11111/s1. The fourth-order valence-electron chi connectivity index (χ4n) is 18.0. The zero-order chi connectivity index (χ0) is 106. The minimum Gasteiger partial charge on any atom is -0.482 e. The van der Waals surface area contributed by atoms with Crippen LogP contribution in [0.15, 0.2) is 131 Å². The zero-order valence-corrected chi connectivity index (χ0v) is 86.4. The minimum absolute atomic E-state index is 0.0555. The van der Waals surface area contributed by atoms with Crippen LogP contribution in [-0.4, -0.2) is 155 Å². The Labute approximate surface area is 852 Å². The predicted octanol–water partition coefficient (Wildman–Crippen LogP) is 12.5. The molecular formula is C100H104BN32O12PS2. The van der Waals surface area contributed by atoms with Crippen molar-refractivity contribution in [1.82, 2.24) is 104 Å². The third kappa shape index (κ3) is 21.1. The first-order chi connectivity index (χ1) is 70.4. The minimum atomic E-state index is -3.89. The number of aromatic nitrogens is 20. The van der Waals surface area contributed by atoms with Gasteiger partial charge in [0.1, 0.15) is 123 Å². The molecule has 12 N–H and O–H groups in total. The van der Waals surface area contributed by atoms with Gasteiger partial charge < -0.3 is 71.4 Å². The lowest BCUT2D eigenvalue weighted by molar-refractivity contribution is 0.110. The molecule has 756 valence electrons. The van der Waals surface area contributed by atoms with Crippen molar-refractivity contribution in [3.8, 4) is 127 Å². The summed E-state index contributed by atoms with van der Waals surface area (Å²) in [6, 6.07) is 47.5. The number of ether oxygens (including phenoxy) is 7. The van der Waals surface area contributed by atoms with Gasteiger partial charge in [-0.2, -0.15) is 51.0 Å². The molecule has 7 atom stereocenters. The number of fused-ring (bicyclic) bond motifs is 25. The largest absolute Gasteiger partial charge is 0.482 e. The molecule has 0 amide bonds. The summed E-state index contributed by atoms with van der Waals surface area (Å²) in [6.45, 7) is 20.0. The van der Waals surface area contributed by atoms with E-state index in [1.807, 2.05) is 111 Å². The van der Waals surface area contributed by atoms with Gasteiger partial charge in [0, 0.05) is 114 Å². The molecule has 15 heterocycles. The monoisotopic (exact) mass is 2050 g/mol. The highest BCUT2D eigenvalue weighted by Gasteiger charge is 2.38. The van der Waals surface area contributed by atoms with Crippen molar-refractivity contribution in [3.05, 3.63) is 234 Å². The number of nitriles is 5. The number of hydrogen-bond donors (Lipinski definition) is 7. The van der Waals surface area contributed by atoms with Crippen molar-refractivity contribution in [2.24, 2.45) is 35.2 Å². The molecule has 0 fully saturated rings. The smallest absolute Gasteiger partial charge is 0.347 e. The summed E-state index contributed by atoms with van der Waals surface area (Å²) < 4.78 is 113. The van der Waals surface area contributed by atoms with Crippen LogP contribution in [0.4, 0.5) is 29.1 Å². The van der Waals surface area contributed by atoms with Crippen LogP contribution in [-0.2, 0) is 91.3 Å². The van der Waals surface area contributed by atoms with Gasteiger partial charge in [0.15, 0.2) is 63.5 Å². The molecule has 0 spiro atoms. The fourth-order valence-corrected chi connectivity index (χ4v) is 23.0. The molecule has 10 bridgehead atoms. The molecule has 0 saturated carbocycles. The van der Waals surface area contributed by atoms with Gasteiger partial charge in [-0.25, -0.2) is 17.4 Å². The average Bonchev–Trinajstić information content (AvgIpc) is 1.39. The molecule has 5 aliphatic rings. The molecule has 5 aromatic carbocycles. The summed E-state index contributed by atoms with van der Waals surface area (Å²) in [5.74, 6) is 3.20. The second-order valence-electron chi connectivity index (χ2n) is 36.5. The lowest BCUT2D eigenvalue weighted by atomic mass is 9.59. The van der Waals surface area contributed by atoms with Crippen molar-refractivity contribution >= 4 is 68.5 Å². The Balaban J connectivity index is 0.000000132. The molecule has 10 aromatic heterocycles. The average molecular weight is 2050 g/mol. The maximum absolute atomic E-state index is 13.6. The molecule has 2 unspecified atom stereocenters. The van der Waals surface area contributed by atoms with Gasteiger partial charge in [-0.05, 0) is 135 Å². The summed E-state index contributed by atoms with van der Waals surface area (Å²) in [5, 5.41) is 122. The second-order valence-corrected chi connectivity index (χ2v) is 44.0. The second kappa shape index (κ2) is 41.8. The number of aryl methyl sites for hydroxylation is 12. The summed E-state index contributed by atoms with van der Waals surface area (Å²) in [5.41, 5.74) is 48.7. The van der Waals surface area contributed by atoms with E-state index in [1.54, 1.807) is 103 Å². The van der Waals surface area contributed by atoms with Crippen LogP contribution < -0.4 is 67.4 Å². The van der Waals surface area contributed by atoms with E-state index in [9.17, 15) is 48.5 Å². The number of hydrogen-bond acceptors (Lipinski definition) is 38. The van der Waals surface area contributed by atoms with Crippen LogP contribution in [0.25, 0.3) is 56.3 Å². The highest BCUT2D eigenvalue weighted by atomic mass is 32.2. The first-order valence-electron chi connectivity index (χ1n) is 46.4. The van der Waals surface area contributed by atoms with Crippen LogP contribution in [0.5, 0.6) is 40.4 Å². The first-order valence-corrected chi connectivity index (χ1v) is 52.1. The summed E-state index contributed by atoms with van der Waals surface area (Å²) in [4.78, 5) is 0.562. The molecule has 48 heteroatoms. The van der Waals surface area contributed by atoms with Crippen LogP contribution >= 0.6 is 7.14 Å². The number of nitrogens with one attached hydrogen (secondary N) is 1. The quantitative estimate of drug-likeness (QED) is 0.0547. The number of anilines is 5. The number of sulfonamides is 1. The molecule has 148 heavy (non-hydrogen) atoms. The van der Waals surface area contributed by atoms with Crippen molar-refractivity contribution < 1.29 is 55.4 Å². The Morgan fingerprint density at radius 1 is 0.399 bits per heavy atom. The normalized spacial score (nSPS) is 18.2. The van der Waals surface area contributed by atoms with Crippen molar-refractivity contribution in [2.75, 3.05) is 54.9 Å². The number of nitrogens with two attached hydrogens (primary N) is 5. The zero-order valence-electron chi connectivity index (χ0n) is 83.9. The van der Waals surface area contributed by atoms with Crippen LogP contribution in [0.3, 0.4) is 0 Å². The lowest BCUT2D eigenvalue weighted by Gasteiger charge is -2.24. The van der Waals surface area contributed by atoms with E-state index in [0.717, 1.165) is 55.6 Å². The maximum Gasteiger partial charge on any atom is 0.347 e. The predicted molar refractivity (Wildman–Crippen MR) is 547 cm³/mol. The third-order valence-corrected chi connectivity index (χ3v) is 31.2. The fraction of sp³-hybridized carbons (Fsp3) is 0.300. The molecule has 0 radical (unpaired) electrons. The van der Waals surface area contributed by atoms with E-state index >= 15 is 0 Å². The third-order valence-electron chi connectivity index (χ3n) is 25.4.